The molecule has 1 aromatic heterocycles. The highest BCUT2D eigenvalue weighted by Crippen LogP contribution is 2.19. The van der Waals surface area contributed by atoms with E-state index in [9.17, 15) is 9.90 Å². The van der Waals surface area contributed by atoms with Crippen LogP contribution in [0.5, 0.6) is 5.75 Å². The fourth-order valence-corrected chi connectivity index (χ4v) is 2.09. The first kappa shape index (κ1) is 15.4. The van der Waals surface area contributed by atoms with Crippen LogP contribution in [0.1, 0.15) is 37.0 Å². The van der Waals surface area contributed by atoms with E-state index in [2.05, 4.69) is 4.98 Å². The van der Waals surface area contributed by atoms with Crippen LogP contribution in [0.15, 0.2) is 18.5 Å². The molecular formula is C14H22N2O3. The molecule has 0 bridgehead atoms. The minimum absolute atomic E-state index is 0.0825. The highest BCUT2D eigenvalue weighted by molar-refractivity contribution is 5.96. The number of ether oxygens (including phenoxy) is 1. The molecule has 1 aromatic rings. The Morgan fingerprint density at radius 2 is 2.16 bits per heavy atom. The van der Waals surface area contributed by atoms with Gasteiger partial charge in [-0.05, 0) is 18.9 Å². The summed E-state index contributed by atoms with van der Waals surface area (Å²) >= 11 is 0. The number of amides is 1. The summed E-state index contributed by atoms with van der Waals surface area (Å²) in [6.45, 7) is 5.10. The molecule has 5 heteroatoms. The molecule has 1 heterocycles. The third-order valence-electron chi connectivity index (χ3n) is 3.21. The van der Waals surface area contributed by atoms with E-state index in [1.165, 1.54) is 12.4 Å². The highest BCUT2D eigenvalue weighted by atomic mass is 16.5. The monoisotopic (exact) mass is 266 g/mol. The standard InChI is InChI=1S/C14H22N2O3/c1-4-11(5-2)16(8-9-19-3)14(18)12-6-7-15-10-13(12)17/h6-7,10-11,17H,4-5,8-9H2,1-3H3. The number of aromatic hydroxyl groups is 1. The lowest BCUT2D eigenvalue weighted by Gasteiger charge is -2.30. The van der Waals surface area contributed by atoms with Gasteiger partial charge in [-0.15, -0.1) is 0 Å². The van der Waals surface area contributed by atoms with E-state index < -0.39 is 0 Å². The predicted octanol–water partition coefficient (Wildman–Crippen LogP) is 2.06. The van der Waals surface area contributed by atoms with Crippen LogP contribution >= 0.6 is 0 Å². The van der Waals surface area contributed by atoms with E-state index >= 15 is 0 Å². The first-order chi connectivity index (χ1) is 9.15. The molecule has 0 aliphatic rings. The number of methoxy groups -OCH3 is 1. The molecule has 0 spiro atoms. The Morgan fingerprint density at radius 1 is 1.47 bits per heavy atom. The molecule has 0 aliphatic carbocycles. The lowest BCUT2D eigenvalue weighted by molar-refractivity contribution is 0.0586. The summed E-state index contributed by atoms with van der Waals surface area (Å²) in [7, 11) is 1.61. The molecule has 1 amide bonds. The maximum absolute atomic E-state index is 12.5. The molecule has 0 radical (unpaired) electrons. The van der Waals surface area contributed by atoms with Gasteiger partial charge in [-0.1, -0.05) is 13.8 Å². The topological polar surface area (TPSA) is 62.7 Å². The summed E-state index contributed by atoms with van der Waals surface area (Å²) in [5.41, 5.74) is 0.290. The molecule has 1 N–H and O–H groups in total. The van der Waals surface area contributed by atoms with Crippen molar-refractivity contribution in [1.82, 2.24) is 9.88 Å². The number of rotatable bonds is 7. The summed E-state index contributed by atoms with van der Waals surface area (Å²) in [5.74, 6) is -0.258. The van der Waals surface area contributed by atoms with Crippen LogP contribution in [0, 0.1) is 0 Å². The second kappa shape index (κ2) is 7.74. The number of carbonyl (C=O) groups is 1. The summed E-state index contributed by atoms with van der Waals surface area (Å²) in [4.78, 5) is 18.1. The fourth-order valence-electron chi connectivity index (χ4n) is 2.09. The largest absolute Gasteiger partial charge is 0.505 e. The quantitative estimate of drug-likeness (QED) is 0.820. The van der Waals surface area contributed by atoms with Gasteiger partial charge in [0.05, 0.1) is 18.4 Å². The number of hydrogen-bond acceptors (Lipinski definition) is 4. The van der Waals surface area contributed by atoms with Crippen molar-refractivity contribution in [3.05, 3.63) is 24.0 Å². The van der Waals surface area contributed by atoms with Gasteiger partial charge in [-0.3, -0.25) is 9.78 Å². The van der Waals surface area contributed by atoms with Gasteiger partial charge in [0.2, 0.25) is 0 Å². The second-order valence-electron chi connectivity index (χ2n) is 4.35. The van der Waals surface area contributed by atoms with Crippen molar-refractivity contribution < 1.29 is 14.6 Å². The first-order valence-electron chi connectivity index (χ1n) is 6.58. The third kappa shape index (κ3) is 3.92. The smallest absolute Gasteiger partial charge is 0.258 e. The van der Waals surface area contributed by atoms with Crippen LogP contribution in [-0.4, -0.2) is 47.2 Å². The Labute approximate surface area is 114 Å². The molecule has 0 aromatic carbocycles. The molecule has 0 fully saturated rings. The Hall–Kier alpha value is -1.62. The Balaban J connectivity index is 2.96. The zero-order valence-electron chi connectivity index (χ0n) is 11.8. The SMILES string of the molecule is CCC(CC)N(CCOC)C(=O)c1ccncc1O. The molecule has 1 rings (SSSR count). The van der Waals surface area contributed by atoms with Gasteiger partial charge >= 0.3 is 0 Å². The van der Waals surface area contributed by atoms with Crippen LogP contribution < -0.4 is 0 Å². The maximum atomic E-state index is 12.5. The van der Waals surface area contributed by atoms with Crippen molar-refractivity contribution in [2.75, 3.05) is 20.3 Å². The van der Waals surface area contributed by atoms with E-state index in [1.54, 1.807) is 18.1 Å². The Kier molecular flexibility index (Phi) is 6.29. The van der Waals surface area contributed by atoms with Gasteiger partial charge in [0.1, 0.15) is 5.75 Å². The summed E-state index contributed by atoms with van der Waals surface area (Å²) in [6.07, 6.45) is 4.54. The van der Waals surface area contributed by atoms with E-state index in [4.69, 9.17) is 4.74 Å². The van der Waals surface area contributed by atoms with Crippen LogP contribution in [0.3, 0.4) is 0 Å². The molecule has 0 aliphatic heterocycles. The zero-order valence-corrected chi connectivity index (χ0v) is 11.8. The van der Waals surface area contributed by atoms with Crippen molar-refractivity contribution in [1.29, 1.82) is 0 Å². The Bertz CT molecular complexity index is 405. The Morgan fingerprint density at radius 3 is 2.68 bits per heavy atom. The van der Waals surface area contributed by atoms with Crippen molar-refractivity contribution in [3.8, 4) is 5.75 Å². The van der Waals surface area contributed by atoms with Gasteiger partial charge in [-0.25, -0.2) is 0 Å². The normalized spacial score (nSPS) is 10.7. The molecule has 0 saturated heterocycles. The third-order valence-corrected chi connectivity index (χ3v) is 3.21. The first-order valence-corrected chi connectivity index (χ1v) is 6.58. The van der Waals surface area contributed by atoms with Crippen LogP contribution in [0.2, 0.25) is 0 Å². The number of hydrogen-bond donors (Lipinski definition) is 1. The number of pyridine rings is 1. The number of carbonyl (C=O) groups excluding carboxylic acids is 1. The fraction of sp³-hybridized carbons (Fsp3) is 0.571. The molecular weight excluding hydrogens is 244 g/mol. The van der Waals surface area contributed by atoms with Crippen LogP contribution in [0.25, 0.3) is 0 Å². The minimum Gasteiger partial charge on any atom is -0.505 e. The van der Waals surface area contributed by atoms with Gasteiger partial charge in [-0.2, -0.15) is 0 Å². The predicted molar refractivity (Wildman–Crippen MR) is 73.2 cm³/mol. The number of nitrogens with zero attached hydrogens (tertiary/aromatic N) is 2. The van der Waals surface area contributed by atoms with E-state index in [-0.39, 0.29) is 23.3 Å². The molecule has 106 valence electrons. The summed E-state index contributed by atoms with van der Waals surface area (Å²) in [5, 5.41) is 9.74. The maximum Gasteiger partial charge on any atom is 0.258 e. The van der Waals surface area contributed by atoms with Crippen molar-refractivity contribution >= 4 is 5.91 Å². The molecule has 0 atom stereocenters. The van der Waals surface area contributed by atoms with Crippen LogP contribution in [-0.2, 0) is 4.74 Å². The molecule has 19 heavy (non-hydrogen) atoms. The molecule has 0 saturated carbocycles. The lowest BCUT2D eigenvalue weighted by atomic mass is 10.1. The number of aromatic nitrogens is 1. The molecule has 0 unspecified atom stereocenters. The summed E-state index contributed by atoms with van der Waals surface area (Å²) in [6, 6.07) is 1.69. The van der Waals surface area contributed by atoms with Crippen molar-refractivity contribution in [2.45, 2.75) is 32.7 Å². The van der Waals surface area contributed by atoms with Crippen molar-refractivity contribution in [2.24, 2.45) is 0 Å². The van der Waals surface area contributed by atoms with Gasteiger partial charge in [0, 0.05) is 25.9 Å². The van der Waals surface area contributed by atoms with Gasteiger partial charge < -0.3 is 14.7 Å². The molecule has 5 nitrogen and oxygen atoms in total. The average Bonchev–Trinajstić information content (AvgIpc) is 2.43. The van der Waals surface area contributed by atoms with Gasteiger partial charge in [0.25, 0.3) is 5.91 Å². The summed E-state index contributed by atoms with van der Waals surface area (Å²) < 4.78 is 5.06. The zero-order chi connectivity index (χ0) is 14.3. The van der Waals surface area contributed by atoms with Crippen LogP contribution in [0.4, 0.5) is 0 Å². The highest BCUT2D eigenvalue weighted by Gasteiger charge is 2.24. The second-order valence-corrected chi connectivity index (χ2v) is 4.35. The van der Waals surface area contributed by atoms with E-state index in [0.717, 1.165) is 12.8 Å². The lowest BCUT2D eigenvalue weighted by Crippen LogP contribution is -2.41. The van der Waals surface area contributed by atoms with Gasteiger partial charge in [0.15, 0.2) is 0 Å². The van der Waals surface area contributed by atoms with E-state index in [1.807, 2.05) is 13.8 Å². The average molecular weight is 266 g/mol. The van der Waals surface area contributed by atoms with E-state index in [0.29, 0.717) is 13.2 Å². The minimum atomic E-state index is -0.175. The van der Waals surface area contributed by atoms with Crippen molar-refractivity contribution in [3.63, 3.8) is 0 Å².